The molecule has 2 aromatic rings. The maximum Gasteiger partial charge on any atom is 0.249 e. The summed E-state index contributed by atoms with van der Waals surface area (Å²) in [6, 6.07) is 4.99. The lowest BCUT2D eigenvalue weighted by Gasteiger charge is -2.32. The van der Waals surface area contributed by atoms with Crippen LogP contribution in [0.4, 0.5) is 8.78 Å². The standard InChI is InChI=1S/C22H24F2N4O2/c1-14-20(11-25)26-13-27(14)12-15-2-4-16(5-3-15)22(29)28-21(6-7-30-28)17-8-18(23)10-19(24)9-17/h8-10,13,15-16,21H,2-7,12H2,1H3/t15?,16?,21-/m0/s1. The molecule has 1 aliphatic carbocycles. The number of benzene rings is 1. The number of imidazole rings is 1. The summed E-state index contributed by atoms with van der Waals surface area (Å²) < 4.78 is 29.3. The first kappa shape index (κ1) is 20.5. The van der Waals surface area contributed by atoms with E-state index >= 15 is 0 Å². The van der Waals surface area contributed by atoms with Gasteiger partial charge in [-0.1, -0.05) is 0 Å². The molecule has 1 atom stereocenters. The minimum absolute atomic E-state index is 0.105. The zero-order valence-electron chi connectivity index (χ0n) is 16.9. The van der Waals surface area contributed by atoms with Crippen LogP contribution >= 0.6 is 0 Å². The van der Waals surface area contributed by atoms with Gasteiger partial charge in [-0.3, -0.25) is 9.63 Å². The fourth-order valence-corrected chi connectivity index (χ4v) is 4.54. The number of halogens is 2. The first-order chi connectivity index (χ1) is 14.5. The van der Waals surface area contributed by atoms with Gasteiger partial charge in [0.2, 0.25) is 5.91 Å². The summed E-state index contributed by atoms with van der Waals surface area (Å²) in [7, 11) is 0. The normalized spacial score (nSPS) is 24.1. The molecule has 4 rings (SSSR count). The van der Waals surface area contributed by atoms with Gasteiger partial charge < -0.3 is 4.57 Å². The van der Waals surface area contributed by atoms with Crippen LogP contribution in [-0.4, -0.2) is 27.1 Å². The van der Waals surface area contributed by atoms with Gasteiger partial charge in [-0.2, -0.15) is 5.26 Å². The predicted octanol–water partition coefficient (Wildman–Crippen LogP) is 4.05. The minimum atomic E-state index is -0.654. The predicted molar refractivity (Wildman–Crippen MR) is 104 cm³/mol. The molecule has 1 amide bonds. The van der Waals surface area contributed by atoms with Crippen molar-refractivity contribution in [3.8, 4) is 6.07 Å². The Labute approximate surface area is 174 Å². The largest absolute Gasteiger partial charge is 0.333 e. The van der Waals surface area contributed by atoms with Crippen molar-refractivity contribution in [2.75, 3.05) is 6.61 Å². The summed E-state index contributed by atoms with van der Waals surface area (Å²) >= 11 is 0. The lowest BCUT2D eigenvalue weighted by molar-refractivity contribution is -0.183. The van der Waals surface area contributed by atoms with Gasteiger partial charge in [0.25, 0.3) is 0 Å². The number of rotatable bonds is 4. The van der Waals surface area contributed by atoms with E-state index in [1.165, 1.54) is 17.2 Å². The molecule has 0 radical (unpaired) electrons. The second-order valence-corrected chi connectivity index (χ2v) is 8.16. The molecular formula is C22H24F2N4O2. The Bertz CT molecular complexity index is 956. The highest BCUT2D eigenvalue weighted by atomic mass is 19.1. The smallest absolute Gasteiger partial charge is 0.249 e. The number of nitrogens with zero attached hydrogens (tertiary/aromatic N) is 4. The van der Waals surface area contributed by atoms with Crippen molar-refractivity contribution >= 4 is 5.91 Å². The highest BCUT2D eigenvalue weighted by Gasteiger charge is 2.37. The van der Waals surface area contributed by atoms with Crippen LogP contribution < -0.4 is 0 Å². The minimum Gasteiger partial charge on any atom is -0.333 e. The van der Waals surface area contributed by atoms with Crippen LogP contribution in [0.5, 0.6) is 0 Å². The van der Waals surface area contributed by atoms with Gasteiger partial charge in [-0.15, -0.1) is 0 Å². The van der Waals surface area contributed by atoms with E-state index in [1.54, 1.807) is 6.33 Å². The van der Waals surface area contributed by atoms with E-state index in [-0.39, 0.29) is 11.8 Å². The third-order valence-corrected chi connectivity index (χ3v) is 6.25. The van der Waals surface area contributed by atoms with Gasteiger partial charge in [0.15, 0.2) is 5.69 Å². The highest BCUT2D eigenvalue weighted by molar-refractivity contribution is 5.78. The SMILES string of the molecule is Cc1c(C#N)ncn1CC1CCC(C(=O)N2OCC[C@H]2c2cc(F)cc(F)c2)CC1. The molecular weight excluding hydrogens is 390 g/mol. The Morgan fingerprint density at radius 3 is 2.53 bits per heavy atom. The highest BCUT2D eigenvalue weighted by Crippen LogP contribution is 2.37. The van der Waals surface area contributed by atoms with Crippen molar-refractivity contribution in [3.63, 3.8) is 0 Å². The van der Waals surface area contributed by atoms with Crippen LogP contribution in [0.3, 0.4) is 0 Å². The number of carbonyl (C=O) groups excluding carboxylic acids is 1. The Kier molecular flexibility index (Phi) is 5.82. The summed E-state index contributed by atoms with van der Waals surface area (Å²) in [6.07, 6.45) is 5.49. The van der Waals surface area contributed by atoms with Crippen LogP contribution in [-0.2, 0) is 16.2 Å². The van der Waals surface area contributed by atoms with Crippen molar-refractivity contribution < 1.29 is 18.4 Å². The van der Waals surface area contributed by atoms with E-state index in [0.717, 1.165) is 44.0 Å². The first-order valence-electron chi connectivity index (χ1n) is 10.3. The molecule has 6 nitrogen and oxygen atoms in total. The van der Waals surface area contributed by atoms with Gasteiger partial charge in [0.05, 0.1) is 24.7 Å². The maximum absolute atomic E-state index is 13.6. The number of hydroxylamine groups is 2. The molecule has 2 fully saturated rings. The van der Waals surface area contributed by atoms with Crippen LogP contribution in [0.25, 0.3) is 0 Å². The van der Waals surface area contributed by atoms with Crippen molar-refractivity contribution in [2.24, 2.45) is 11.8 Å². The van der Waals surface area contributed by atoms with E-state index < -0.39 is 17.7 Å². The molecule has 0 spiro atoms. The molecule has 30 heavy (non-hydrogen) atoms. The summed E-state index contributed by atoms with van der Waals surface area (Å²) in [5.41, 5.74) is 1.74. The van der Waals surface area contributed by atoms with E-state index in [0.29, 0.717) is 30.2 Å². The quantitative estimate of drug-likeness (QED) is 0.757. The Balaban J connectivity index is 1.37. The molecule has 0 N–H and O–H groups in total. The summed E-state index contributed by atoms with van der Waals surface area (Å²) in [6.45, 7) is 3.03. The van der Waals surface area contributed by atoms with Gasteiger partial charge in [-0.05, 0) is 56.2 Å². The number of nitriles is 1. The van der Waals surface area contributed by atoms with Crippen LogP contribution in [0, 0.1) is 41.7 Å². The van der Waals surface area contributed by atoms with E-state index in [9.17, 15) is 13.6 Å². The third kappa shape index (κ3) is 4.08. The fourth-order valence-electron chi connectivity index (χ4n) is 4.54. The maximum atomic E-state index is 13.6. The number of hydrogen-bond acceptors (Lipinski definition) is 4. The molecule has 1 saturated carbocycles. The number of aromatic nitrogens is 2. The molecule has 8 heteroatoms. The molecule has 1 aliphatic heterocycles. The van der Waals surface area contributed by atoms with Crippen LogP contribution in [0.15, 0.2) is 24.5 Å². The lowest BCUT2D eigenvalue weighted by atomic mass is 9.81. The van der Waals surface area contributed by atoms with Gasteiger partial charge in [-0.25, -0.2) is 18.8 Å². The molecule has 158 valence electrons. The van der Waals surface area contributed by atoms with Crippen molar-refractivity contribution in [2.45, 2.75) is 51.6 Å². The zero-order valence-corrected chi connectivity index (χ0v) is 16.9. The first-order valence-corrected chi connectivity index (χ1v) is 10.3. The van der Waals surface area contributed by atoms with Crippen LogP contribution in [0.2, 0.25) is 0 Å². The topological polar surface area (TPSA) is 71.2 Å². The Hall–Kier alpha value is -2.79. The van der Waals surface area contributed by atoms with Crippen LogP contribution in [0.1, 0.15) is 55.1 Å². The lowest BCUT2D eigenvalue weighted by Crippen LogP contribution is -2.37. The van der Waals surface area contributed by atoms with Crippen molar-refractivity contribution in [3.05, 3.63) is 53.1 Å². The average molecular weight is 414 g/mol. The third-order valence-electron chi connectivity index (χ3n) is 6.25. The molecule has 1 aromatic carbocycles. The number of carbonyl (C=O) groups is 1. The zero-order chi connectivity index (χ0) is 21.3. The Morgan fingerprint density at radius 2 is 1.90 bits per heavy atom. The van der Waals surface area contributed by atoms with E-state index in [1.807, 2.05) is 11.5 Å². The molecule has 1 aromatic heterocycles. The molecule has 0 unspecified atom stereocenters. The number of amides is 1. The van der Waals surface area contributed by atoms with Gasteiger partial charge >= 0.3 is 0 Å². The molecule has 1 saturated heterocycles. The summed E-state index contributed by atoms with van der Waals surface area (Å²) in [5.74, 6) is -1.15. The van der Waals surface area contributed by atoms with Gasteiger partial charge in [0.1, 0.15) is 17.7 Å². The Morgan fingerprint density at radius 1 is 1.20 bits per heavy atom. The average Bonchev–Trinajstić information content (AvgIpc) is 3.35. The summed E-state index contributed by atoms with van der Waals surface area (Å²) in [5, 5.41) is 10.4. The molecule has 2 aliphatic rings. The second-order valence-electron chi connectivity index (χ2n) is 8.16. The fraction of sp³-hybridized carbons (Fsp3) is 0.500. The number of hydrogen-bond donors (Lipinski definition) is 0. The van der Waals surface area contributed by atoms with E-state index in [2.05, 4.69) is 11.1 Å². The monoisotopic (exact) mass is 414 g/mol. The van der Waals surface area contributed by atoms with Gasteiger partial charge in [0, 0.05) is 24.9 Å². The van der Waals surface area contributed by atoms with E-state index in [4.69, 9.17) is 10.1 Å². The summed E-state index contributed by atoms with van der Waals surface area (Å²) in [4.78, 5) is 22.8. The van der Waals surface area contributed by atoms with Crippen molar-refractivity contribution in [1.29, 1.82) is 5.26 Å². The molecule has 2 heterocycles. The second kappa shape index (κ2) is 8.52. The molecule has 0 bridgehead atoms. The van der Waals surface area contributed by atoms with Crippen molar-refractivity contribution in [1.82, 2.24) is 14.6 Å².